The topological polar surface area (TPSA) is 60.0 Å². The number of halogens is 1. The van der Waals surface area contributed by atoms with Crippen LogP contribution in [0.5, 0.6) is 0 Å². The molecule has 0 fully saturated rings. The van der Waals surface area contributed by atoms with Crippen molar-refractivity contribution in [3.8, 4) is 0 Å². The van der Waals surface area contributed by atoms with E-state index in [2.05, 4.69) is 21.5 Å². The molecule has 0 aromatic heterocycles. The van der Waals surface area contributed by atoms with Crippen LogP contribution in [0.4, 0.5) is 4.53 Å². The van der Waals surface area contributed by atoms with Gasteiger partial charge >= 0.3 is 0 Å². The fraction of sp³-hybridized carbons (Fsp3) is 0.0909. The lowest BCUT2D eigenvalue weighted by molar-refractivity contribution is -0.0758. The summed E-state index contributed by atoms with van der Waals surface area (Å²) in [6.07, 6.45) is 4.96. The van der Waals surface area contributed by atoms with Crippen molar-refractivity contribution in [3.05, 3.63) is 108 Å². The second-order valence-corrected chi connectivity index (χ2v) is 5.63. The number of hydrogen-bond donors (Lipinski definition) is 1. The maximum Gasteiger partial charge on any atom is 0.165 e. The fourth-order valence-corrected chi connectivity index (χ4v) is 2.29. The minimum absolute atomic E-state index is 0.149. The number of nitrogens with two attached hydrogens (primary N) is 1. The van der Waals surface area contributed by atoms with Crippen LogP contribution < -0.4 is 5.73 Å². The van der Waals surface area contributed by atoms with E-state index in [1.807, 2.05) is 67.6 Å². The van der Waals surface area contributed by atoms with E-state index in [0.29, 0.717) is 23.8 Å². The van der Waals surface area contributed by atoms with Crippen molar-refractivity contribution in [2.24, 2.45) is 15.7 Å². The summed E-state index contributed by atoms with van der Waals surface area (Å²) in [7, 11) is 0. The largest absolute Gasteiger partial charge is 0.383 e. The van der Waals surface area contributed by atoms with E-state index < -0.39 is 0 Å². The van der Waals surface area contributed by atoms with E-state index in [1.54, 1.807) is 12.2 Å². The second kappa shape index (κ2) is 10.5. The van der Waals surface area contributed by atoms with Crippen molar-refractivity contribution < 1.29 is 9.47 Å². The summed E-state index contributed by atoms with van der Waals surface area (Å²) >= 11 is 0. The van der Waals surface area contributed by atoms with Crippen LogP contribution in [0, 0.1) is 0 Å². The highest BCUT2D eigenvalue weighted by Gasteiger charge is 2.08. The van der Waals surface area contributed by atoms with Crippen LogP contribution >= 0.6 is 0 Å². The number of hydrogen-bond acceptors (Lipinski definition) is 2. The van der Waals surface area contributed by atoms with Crippen molar-refractivity contribution in [1.29, 1.82) is 0 Å². The SMILES string of the molecule is C=C(/C=C(\C=C/C)C(=NCc1ccccc1)N=C(N)c1ccccc1)OF. The van der Waals surface area contributed by atoms with Gasteiger partial charge in [0.05, 0.1) is 6.54 Å². The Labute approximate surface area is 158 Å². The Kier molecular flexibility index (Phi) is 7.72. The van der Waals surface area contributed by atoms with E-state index in [-0.39, 0.29) is 5.76 Å². The molecule has 0 aliphatic carbocycles. The van der Waals surface area contributed by atoms with Crippen molar-refractivity contribution >= 4 is 11.7 Å². The molecule has 2 aromatic carbocycles. The van der Waals surface area contributed by atoms with Crippen LogP contribution in [0.1, 0.15) is 18.1 Å². The Bertz CT molecular complexity index is 869. The lowest BCUT2D eigenvalue weighted by Gasteiger charge is -2.07. The van der Waals surface area contributed by atoms with E-state index in [1.165, 1.54) is 6.08 Å². The molecule has 2 rings (SSSR count). The van der Waals surface area contributed by atoms with Gasteiger partial charge in [0.2, 0.25) is 0 Å². The number of benzene rings is 2. The maximum atomic E-state index is 12.5. The van der Waals surface area contributed by atoms with Crippen LogP contribution in [0.15, 0.2) is 107 Å². The summed E-state index contributed by atoms with van der Waals surface area (Å²) < 4.78 is 12.5. The van der Waals surface area contributed by atoms with Crippen LogP contribution in [-0.4, -0.2) is 11.7 Å². The zero-order valence-corrected chi connectivity index (χ0v) is 15.2. The zero-order chi connectivity index (χ0) is 19.5. The Balaban J connectivity index is 2.46. The van der Waals surface area contributed by atoms with E-state index in [9.17, 15) is 4.53 Å². The third-order valence-electron chi connectivity index (χ3n) is 3.57. The molecule has 0 unspecified atom stereocenters. The number of nitrogens with zero attached hydrogens (tertiary/aromatic N) is 2. The molecule has 4 nitrogen and oxygen atoms in total. The highest BCUT2D eigenvalue weighted by Crippen LogP contribution is 2.12. The van der Waals surface area contributed by atoms with Gasteiger partial charge in [-0.05, 0) is 18.6 Å². The van der Waals surface area contributed by atoms with Gasteiger partial charge in [-0.25, -0.2) is 4.99 Å². The molecule has 0 amide bonds. The molecule has 0 atom stereocenters. The molecule has 2 aromatic rings. The highest BCUT2D eigenvalue weighted by atomic mass is 19.3. The summed E-state index contributed by atoms with van der Waals surface area (Å²) in [6, 6.07) is 19.1. The first-order valence-electron chi connectivity index (χ1n) is 8.44. The first kappa shape index (κ1) is 19.8. The molecule has 138 valence electrons. The van der Waals surface area contributed by atoms with Gasteiger partial charge in [-0.1, -0.05) is 79.4 Å². The molecule has 0 radical (unpaired) electrons. The fourth-order valence-electron chi connectivity index (χ4n) is 2.29. The first-order valence-corrected chi connectivity index (χ1v) is 8.44. The molecule has 0 aliphatic rings. The molecular formula is C22H22FN3O. The Morgan fingerprint density at radius 2 is 1.74 bits per heavy atom. The predicted octanol–water partition coefficient (Wildman–Crippen LogP) is 4.91. The summed E-state index contributed by atoms with van der Waals surface area (Å²) in [5.41, 5.74) is 8.48. The molecule has 0 aliphatic heterocycles. The smallest absolute Gasteiger partial charge is 0.165 e. The van der Waals surface area contributed by atoms with Crippen LogP contribution in [0.3, 0.4) is 0 Å². The molecule has 2 N–H and O–H groups in total. The van der Waals surface area contributed by atoms with Crippen LogP contribution in [0.25, 0.3) is 0 Å². The van der Waals surface area contributed by atoms with Crippen molar-refractivity contribution in [1.82, 2.24) is 0 Å². The Morgan fingerprint density at radius 1 is 1.11 bits per heavy atom. The van der Waals surface area contributed by atoms with E-state index in [0.717, 1.165) is 11.1 Å². The van der Waals surface area contributed by atoms with Gasteiger partial charge in [0.1, 0.15) is 5.84 Å². The number of rotatable bonds is 7. The zero-order valence-electron chi connectivity index (χ0n) is 15.2. The molecular weight excluding hydrogens is 341 g/mol. The summed E-state index contributed by atoms with van der Waals surface area (Å²) in [5, 5.41) is 0. The van der Waals surface area contributed by atoms with Crippen LogP contribution in [-0.2, 0) is 11.5 Å². The minimum atomic E-state index is -0.149. The van der Waals surface area contributed by atoms with Gasteiger partial charge < -0.3 is 5.73 Å². The number of amidine groups is 2. The minimum Gasteiger partial charge on any atom is -0.383 e. The maximum absolute atomic E-state index is 12.5. The Hall–Kier alpha value is -3.47. The molecule has 0 spiro atoms. The average molecular weight is 363 g/mol. The van der Waals surface area contributed by atoms with E-state index >= 15 is 0 Å². The summed E-state index contributed by atoms with van der Waals surface area (Å²) in [5.74, 6) is 0.519. The second-order valence-electron chi connectivity index (χ2n) is 5.63. The number of allylic oxidation sites excluding steroid dienone is 2. The third-order valence-corrected chi connectivity index (χ3v) is 3.57. The Morgan fingerprint density at radius 3 is 2.33 bits per heavy atom. The summed E-state index contributed by atoms with van der Waals surface area (Å²) in [4.78, 5) is 12.7. The van der Waals surface area contributed by atoms with Gasteiger partial charge in [-0.15, -0.1) is 0 Å². The van der Waals surface area contributed by atoms with E-state index in [4.69, 9.17) is 5.73 Å². The average Bonchev–Trinajstić information content (AvgIpc) is 2.72. The number of aliphatic imine (C=N–C) groups is 2. The normalized spacial score (nSPS) is 13.0. The molecule has 0 saturated carbocycles. The van der Waals surface area contributed by atoms with Crippen molar-refractivity contribution in [2.75, 3.05) is 0 Å². The molecule has 0 heterocycles. The van der Waals surface area contributed by atoms with Crippen molar-refractivity contribution in [2.45, 2.75) is 13.5 Å². The third kappa shape index (κ3) is 6.40. The van der Waals surface area contributed by atoms with Crippen molar-refractivity contribution in [3.63, 3.8) is 0 Å². The lowest BCUT2D eigenvalue weighted by Crippen LogP contribution is -2.16. The standard InChI is InChI=1S/C22H22FN3O/c1-3-10-20(15-17(2)27-23)22(25-16-18-11-6-4-7-12-18)26-21(24)19-13-8-5-9-14-19/h3-15H,2,16H2,1H3,(H2,24,25,26)/b10-3-,20-15+. The van der Waals surface area contributed by atoms with Crippen LogP contribution in [0.2, 0.25) is 0 Å². The molecule has 0 bridgehead atoms. The first-order chi connectivity index (χ1) is 13.1. The molecule has 0 saturated heterocycles. The summed E-state index contributed by atoms with van der Waals surface area (Å²) in [6.45, 7) is 5.73. The van der Waals surface area contributed by atoms with Gasteiger partial charge in [0, 0.05) is 15.7 Å². The van der Waals surface area contributed by atoms with Gasteiger partial charge in [0.15, 0.2) is 11.6 Å². The van der Waals surface area contributed by atoms with Gasteiger partial charge in [-0.3, -0.25) is 9.93 Å². The quantitative estimate of drug-likeness (QED) is 0.329. The van der Waals surface area contributed by atoms with Gasteiger partial charge in [-0.2, -0.15) is 0 Å². The lowest BCUT2D eigenvalue weighted by atomic mass is 10.1. The highest BCUT2D eigenvalue weighted by molar-refractivity contribution is 6.12. The molecule has 5 heteroatoms. The van der Waals surface area contributed by atoms with Gasteiger partial charge in [0.25, 0.3) is 0 Å². The molecule has 27 heavy (non-hydrogen) atoms. The monoisotopic (exact) mass is 363 g/mol. The predicted molar refractivity (Wildman–Crippen MR) is 109 cm³/mol.